The Morgan fingerprint density at radius 3 is 2.50 bits per heavy atom. The maximum absolute atomic E-state index is 12.6. The van der Waals surface area contributed by atoms with Crippen LogP contribution in [0.3, 0.4) is 0 Å². The van der Waals surface area contributed by atoms with E-state index in [0.29, 0.717) is 13.2 Å². The second-order valence-corrected chi connectivity index (χ2v) is 6.85. The molecule has 20 heavy (non-hydrogen) atoms. The van der Waals surface area contributed by atoms with E-state index in [4.69, 9.17) is 4.74 Å². The quantitative estimate of drug-likeness (QED) is 0.754. The van der Waals surface area contributed by atoms with Crippen molar-refractivity contribution >= 4 is 23.6 Å². The van der Waals surface area contributed by atoms with Gasteiger partial charge in [0, 0.05) is 37.7 Å². The summed E-state index contributed by atoms with van der Waals surface area (Å²) in [4.78, 5) is 28.8. The zero-order valence-corrected chi connectivity index (χ0v) is 12.6. The lowest BCUT2D eigenvalue weighted by atomic mass is 10.1. The smallest absolute Gasteiger partial charge is 0.252 e. The van der Waals surface area contributed by atoms with Crippen molar-refractivity contribution in [3.63, 3.8) is 0 Å². The minimum Gasteiger partial charge on any atom is -0.368 e. The molecule has 0 N–H and O–H groups in total. The van der Waals surface area contributed by atoms with Crippen molar-refractivity contribution in [1.82, 2.24) is 9.80 Å². The summed E-state index contributed by atoms with van der Waals surface area (Å²) in [7, 11) is 0. The summed E-state index contributed by atoms with van der Waals surface area (Å²) in [5.41, 5.74) is 0. The molecule has 112 valence electrons. The van der Waals surface area contributed by atoms with Crippen molar-refractivity contribution in [2.24, 2.45) is 0 Å². The number of rotatable bonds is 2. The third-order valence-electron chi connectivity index (χ3n) is 4.35. The minimum atomic E-state index is -0.305. The van der Waals surface area contributed by atoms with E-state index in [-0.39, 0.29) is 24.0 Å². The Morgan fingerprint density at radius 1 is 1.00 bits per heavy atom. The van der Waals surface area contributed by atoms with E-state index in [1.54, 1.807) is 4.90 Å². The lowest BCUT2D eigenvalue weighted by molar-refractivity contribution is -0.149. The minimum absolute atomic E-state index is 0.0322. The average molecular weight is 298 g/mol. The van der Waals surface area contributed by atoms with E-state index in [2.05, 4.69) is 0 Å². The molecular weight excluding hydrogens is 276 g/mol. The van der Waals surface area contributed by atoms with Gasteiger partial charge in [-0.15, -0.1) is 0 Å². The number of likely N-dealkylation sites (tertiary alicyclic amines) is 1. The fourth-order valence-electron chi connectivity index (χ4n) is 3.24. The van der Waals surface area contributed by atoms with Crippen LogP contribution in [0, 0.1) is 0 Å². The highest BCUT2D eigenvalue weighted by atomic mass is 32.2. The van der Waals surface area contributed by atoms with Crippen LogP contribution in [0.1, 0.15) is 25.7 Å². The van der Waals surface area contributed by atoms with E-state index >= 15 is 0 Å². The number of thioether (sulfide) groups is 1. The molecule has 0 aromatic carbocycles. The third-order valence-corrected chi connectivity index (χ3v) is 5.29. The Morgan fingerprint density at radius 2 is 1.80 bits per heavy atom. The molecule has 3 saturated heterocycles. The molecule has 2 unspecified atom stereocenters. The van der Waals surface area contributed by atoms with Gasteiger partial charge in [0.15, 0.2) is 0 Å². The highest BCUT2D eigenvalue weighted by Gasteiger charge is 2.40. The summed E-state index contributed by atoms with van der Waals surface area (Å²) >= 11 is 1.89. The third kappa shape index (κ3) is 2.81. The van der Waals surface area contributed by atoms with Gasteiger partial charge in [-0.05, 0) is 25.7 Å². The van der Waals surface area contributed by atoms with Crippen LogP contribution in [0.25, 0.3) is 0 Å². The lowest BCUT2D eigenvalue weighted by Crippen LogP contribution is -2.52. The average Bonchev–Trinajstić information content (AvgIpc) is 3.18. The number of amides is 2. The Balaban J connectivity index is 1.65. The van der Waals surface area contributed by atoms with Crippen LogP contribution in [0.2, 0.25) is 0 Å². The molecule has 3 rings (SSSR count). The molecule has 3 fully saturated rings. The van der Waals surface area contributed by atoms with Crippen LogP contribution >= 0.6 is 11.8 Å². The van der Waals surface area contributed by atoms with Gasteiger partial charge in [-0.3, -0.25) is 9.59 Å². The molecule has 2 amide bonds. The van der Waals surface area contributed by atoms with Gasteiger partial charge in [-0.1, -0.05) is 0 Å². The van der Waals surface area contributed by atoms with Crippen LogP contribution in [0.15, 0.2) is 0 Å². The summed E-state index contributed by atoms with van der Waals surface area (Å²) in [6.45, 7) is 3.02. The first-order chi connectivity index (χ1) is 9.77. The summed E-state index contributed by atoms with van der Waals surface area (Å²) in [5.74, 6) is 2.20. The van der Waals surface area contributed by atoms with Crippen LogP contribution in [-0.2, 0) is 14.3 Å². The Labute approximate surface area is 124 Å². The number of hydrogen-bond acceptors (Lipinski definition) is 4. The Bertz CT molecular complexity index is 379. The van der Waals surface area contributed by atoms with E-state index in [1.165, 1.54) is 0 Å². The molecule has 0 aromatic rings. The number of carbonyl (C=O) groups is 2. The van der Waals surface area contributed by atoms with Crippen molar-refractivity contribution < 1.29 is 14.3 Å². The summed E-state index contributed by atoms with van der Waals surface area (Å²) < 4.78 is 5.48. The molecule has 0 spiro atoms. The molecule has 0 bridgehead atoms. The monoisotopic (exact) mass is 298 g/mol. The second-order valence-electron chi connectivity index (χ2n) is 5.63. The lowest BCUT2D eigenvalue weighted by Gasteiger charge is -2.33. The zero-order chi connectivity index (χ0) is 13.9. The maximum atomic E-state index is 12.6. The molecule has 2 atom stereocenters. The maximum Gasteiger partial charge on any atom is 0.252 e. The summed E-state index contributed by atoms with van der Waals surface area (Å²) in [6, 6.07) is -0.241. The van der Waals surface area contributed by atoms with Crippen LogP contribution in [0.4, 0.5) is 0 Å². The fourth-order valence-corrected chi connectivity index (χ4v) is 4.14. The predicted octanol–water partition coefficient (Wildman–Crippen LogP) is 0.732. The summed E-state index contributed by atoms with van der Waals surface area (Å²) in [5, 5.41) is 0. The van der Waals surface area contributed by atoms with Gasteiger partial charge in [0.25, 0.3) is 5.91 Å². The van der Waals surface area contributed by atoms with Crippen LogP contribution in [0.5, 0.6) is 0 Å². The van der Waals surface area contributed by atoms with Crippen molar-refractivity contribution in [3.05, 3.63) is 0 Å². The fraction of sp³-hybridized carbons (Fsp3) is 0.857. The van der Waals surface area contributed by atoms with Crippen molar-refractivity contribution in [2.75, 3.05) is 37.7 Å². The second kappa shape index (κ2) is 6.35. The number of hydrogen-bond donors (Lipinski definition) is 0. The van der Waals surface area contributed by atoms with E-state index in [1.807, 2.05) is 16.7 Å². The van der Waals surface area contributed by atoms with Crippen molar-refractivity contribution in [3.8, 4) is 0 Å². The van der Waals surface area contributed by atoms with Crippen molar-refractivity contribution in [1.29, 1.82) is 0 Å². The molecule has 6 heteroatoms. The Kier molecular flexibility index (Phi) is 4.51. The first kappa shape index (κ1) is 14.2. The first-order valence-electron chi connectivity index (χ1n) is 7.56. The molecule has 3 aliphatic rings. The van der Waals surface area contributed by atoms with E-state index in [9.17, 15) is 9.59 Å². The molecule has 0 aromatic heterocycles. The van der Waals surface area contributed by atoms with E-state index in [0.717, 1.165) is 50.3 Å². The van der Waals surface area contributed by atoms with Crippen molar-refractivity contribution in [2.45, 2.75) is 37.8 Å². The van der Waals surface area contributed by atoms with Gasteiger partial charge >= 0.3 is 0 Å². The zero-order valence-electron chi connectivity index (χ0n) is 11.8. The number of carbonyl (C=O) groups excluding carboxylic acids is 2. The molecule has 0 saturated carbocycles. The predicted molar refractivity (Wildman–Crippen MR) is 77.6 cm³/mol. The van der Waals surface area contributed by atoms with Gasteiger partial charge in [0.1, 0.15) is 12.1 Å². The molecule has 0 radical (unpaired) electrons. The van der Waals surface area contributed by atoms with E-state index < -0.39 is 0 Å². The largest absolute Gasteiger partial charge is 0.368 e. The molecule has 3 heterocycles. The molecule has 5 nitrogen and oxygen atoms in total. The number of ether oxygens (including phenoxy) is 1. The highest BCUT2D eigenvalue weighted by molar-refractivity contribution is 7.99. The summed E-state index contributed by atoms with van der Waals surface area (Å²) in [6.07, 6.45) is 3.18. The van der Waals surface area contributed by atoms with Gasteiger partial charge in [-0.25, -0.2) is 0 Å². The first-order valence-corrected chi connectivity index (χ1v) is 8.71. The SMILES string of the molecule is O=C(C1CCCN1C(=O)C1CCCO1)N1CCSCC1. The van der Waals surface area contributed by atoms with Crippen LogP contribution < -0.4 is 0 Å². The molecular formula is C14H22N2O3S. The molecule has 0 aliphatic carbocycles. The topological polar surface area (TPSA) is 49.9 Å². The van der Waals surface area contributed by atoms with Gasteiger partial charge in [0.2, 0.25) is 5.91 Å². The number of nitrogens with zero attached hydrogens (tertiary/aromatic N) is 2. The van der Waals surface area contributed by atoms with Gasteiger partial charge < -0.3 is 14.5 Å². The highest BCUT2D eigenvalue weighted by Crippen LogP contribution is 2.24. The Hall–Kier alpha value is -0.750. The normalized spacial score (nSPS) is 30.8. The van der Waals surface area contributed by atoms with Crippen LogP contribution in [-0.4, -0.2) is 71.5 Å². The standard InChI is InChI=1S/C14H22N2O3S/c17-13(15-6-9-20-10-7-15)11-3-1-5-16(11)14(18)12-4-2-8-19-12/h11-12H,1-10H2. The van der Waals surface area contributed by atoms with Gasteiger partial charge in [0.05, 0.1) is 0 Å². The molecule has 3 aliphatic heterocycles. The van der Waals surface area contributed by atoms with Gasteiger partial charge in [-0.2, -0.15) is 11.8 Å².